The summed E-state index contributed by atoms with van der Waals surface area (Å²) in [7, 11) is 0. The smallest absolute Gasteiger partial charge is 0.238 e. The first-order chi connectivity index (χ1) is 8.84. The summed E-state index contributed by atoms with van der Waals surface area (Å²) < 4.78 is 5.60. The van der Waals surface area contributed by atoms with Crippen molar-refractivity contribution in [2.24, 2.45) is 0 Å². The number of amides is 1. The molecule has 96 valence electrons. The van der Waals surface area contributed by atoms with E-state index < -0.39 is 0 Å². The van der Waals surface area contributed by atoms with Gasteiger partial charge in [-0.25, -0.2) is 0 Å². The summed E-state index contributed by atoms with van der Waals surface area (Å²) in [6.07, 6.45) is 0. The molecule has 0 aromatic heterocycles. The van der Waals surface area contributed by atoms with Gasteiger partial charge in [0.25, 0.3) is 0 Å². The molecule has 1 aromatic carbocycles. The zero-order valence-corrected chi connectivity index (χ0v) is 10.8. The van der Waals surface area contributed by atoms with E-state index in [-0.39, 0.29) is 17.9 Å². The van der Waals surface area contributed by atoms with E-state index in [1.807, 2.05) is 18.2 Å². The van der Waals surface area contributed by atoms with Crippen LogP contribution >= 0.6 is 11.8 Å². The summed E-state index contributed by atoms with van der Waals surface area (Å²) in [4.78, 5) is 11.9. The number of carbonyl (C=O) groups is 1. The van der Waals surface area contributed by atoms with Crippen molar-refractivity contribution >= 4 is 17.7 Å². The van der Waals surface area contributed by atoms with E-state index in [1.54, 1.807) is 11.8 Å². The lowest BCUT2D eigenvalue weighted by Crippen LogP contribution is -2.43. The summed E-state index contributed by atoms with van der Waals surface area (Å²) in [6, 6.07) is 8.00. The Morgan fingerprint density at radius 1 is 1.50 bits per heavy atom. The summed E-state index contributed by atoms with van der Waals surface area (Å²) in [5.41, 5.74) is 1.20. The van der Waals surface area contributed by atoms with Crippen molar-refractivity contribution in [1.29, 1.82) is 0 Å². The normalized spacial score (nSPS) is 25.6. The molecule has 2 heterocycles. The first-order valence-electron chi connectivity index (χ1n) is 6.15. The molecular weight excluding hydrogens is 248 g/mol. The molecule has 2 unspecified atom stereocenters. The standard InChI is InChI=1S/C13H16N2O2S/c16-13(11-7-18-8-15-11)14-5-9-6-17-12-4-2-1-3-10(9)12/h1-4,9,11,15H,5-8H2,(H,14,16). The van der Waals surface area contributed by atoms with Gasteiger partial charge >= 0.3 is 0 Å². The molecule has 0 aliphatic carbocycles. The molecule has 2 N–H and O–H groups in total. The molecule has 0 spiro atoms. The van der Waals surface area contributed by atoms with E-state index in [9.17, 15) is 4.79 Å². The van der Waals surface area contributed by atoms with Crippen molar-refractivity contribution in [1.82, 2.24) is 10.6 Å². The molecule has 0 saturated carbocycles. The number of nitrogens with one attached hydrogen (secondary N) is 2. The summed E-state index contributed by atoms with van der Waals surface area (Å²) in [5.74, 6) is 3.06. The molecule has 5 heteroatoms. The monoisotopic (exact) mass is 264 g/mol. The van der Waals surface area contributed by atoms with E-state index in [0.717, 1.165) is 17.4 Å². The lowest BCUT2D eigenvalue weighted by atomic mass is 10.0. The van der Waals surface area contributed by atoms with Crippen LogP contribution < -0.4 is 15.4 Å². The topological polar surface area (TPSA) is 50.4 Å². The number of hydrogen-bond acceptors (Lipinski definition) is 4. The molecule has 2 aliphatic heterocycles. The number of hydrogen-bond donors (Lipinski definition) is 2. The van der Waals surface area contributed by atoms with Gasteiger partial charge < -0.3 is 10.1 Å². The van der Waals surface area contributed by atoms with Crippen LogP contribution in [0.3, 0.4) is 0 Å². The fourth-order valence-electron chi connectivity index (χ4n) is 2.31. The predicted molar refractivity (Wildman–Crippen MR) is 71.9 cm³/mol. The van der Waals surface area contributed by atoms with Crippen LogP contribution in [0.2, 0.25) is 0 Å². The minimum Gasteiger partial charge on any atom is -0.493 e. The van der Waals surface area contributed by atoms with Gasteiger partial charge in [0.1, 0.15) is 5.75 Å². The van der Waals surface area contributed by atoms with E-state index >= 15 is 0 Å². The lowest BCUT2D eigenvalue weighted by molar-refractivity contribution is -0.122. The fourth-order valence-corrected chi connectivity index (χ4v) is 3.25. The van der Waals surface area contributed by atoms with E-state index in [4.69, 9.17) is 4.74 Å². The Morgan fingerprint density at radius 3 is 3.22 bits per heavy atom. The van der Waals surface area contributed by atoms with Gasteiger partial charge in [-0.1, -0.05) is 18.2 Å². The maximum Gasteiger partial charge on any atom is 0.238 e. The Kier molecular flexibility index (Phi) is 3.43. The molecule has 3 rings (SSSR count). The number of ether oxygens (including phenoxy) is 1. The Balaban J connectivity index is 1.57. The van der Waals surface area contributed by atoms with Crippen molar-refractivity contribution in [3.63, 3.8) is 0 Å². The summed E-state index contributed by atoms with van der Waals surface area (Å²) in [5, 5.41) is 6.18. The first-order valence-corrected chi connectivity index (χ1v) is 7.30. The van der Waals surface area contributed by atoms with Gasteiger partial charge in [-0.3, -0.25) is 10.1 Å². The molecule has 1 saturated heterocycles. The maximum absolute atomic E-state index is 11.9. The summed E-state index contributed by atoms with van der Waals surface area (Å²) in [6.45, 7) is 1.31. The number of fused-ring (bicyclic) bond motifs is 1. The van der Waals surface area contributed by atoms with Crippen molar-refractivity contribution in [3.05, 3.63) is 29.8 Å². The van der Waals surface area contributed by atoms with E-state index in [0.29, 0.717) is 13.2 Å². The van der Waals surface area contributed by atoms with Crippen LogP contribution in [-0.2, 0) is 4.79 Å². The van der Waals surface area contributed by atoms with Gasteiger partial charge in [0.15, 0.2) is 0 Å². The van der Waals surface area contributed by atoms with Crippen LogP contribution in [-0.4, -0.2) is 36.7 Å². The second-order valence-corrected chi connectivity index (χ2v) is 5.59. The number of rotatable bonds is 3. The third-order valence-corrected chi connectivity index (χ3v) is 4.29. The van der Waals surface area contributed by atoms with Gasteiger partial charge in [-0.15, -0.1) is 11.8 Å². The zero-order valence-electron chi connectivity index (χ0n) is 10.0. The molecule has 2 atom stereocenters. The number of para-hydroxylation sites is 1. The second-order valence-electron chi connectivity index (χ2n) is 4.56. The molecular formula is C13H16N2O2S. The third kappa shape index (κ3) is 2.33. The minimum atomic E-state index is -0.0347. The van der Waals surface area contributed by atoms with Crippen LogP contribution in [0.1, 0.15) is 11.5 Å². The Bertz CT molecular complexity index is 446. The predicted octanol–water partition coefficient (Wildman–Crippen LogP) is 0.941. The van der Waals surface area contributed by atoms with E-state index in [2.05, 4.69) is 16.7 Å². The highest BCUT2D eigenvalue weighted by Gasteiger charge is 2.26. The minimum absolute atomic E-state index is 0.0347. The number of carbonyl (C=O) groups excluding carboxylic acids is 1. The highest BCUT2D eigenvalue weighted by atomic mass is 32.2. The van der Waals surface area contributed by atoms with Crippen LogP contribution in [0.5, 0.6) is 5.75 Å². The van der Waals surface area contributed by atoms with E-state index in [1.165, 1.54) is 5.56 Å². The zero-order chi connectivity index (χ0) is 12.4. The Labute approximate surface area is 110 Å². The lowest BCUT2D eigenvalue weighted by Gasteiger charge is -2.13. The third-order valence-electron chi connectivity index (χ3n) is 3.35. The largest absolute Gasteiger partial charge is 0.493 e. The SMILES string of the molecule is O=C(NCC1COc2ccccc21)C1CSCN1. The number of thioether (sulfide) groups is 1. The maximum atomic E-state index is 11.9. The van der Waals surface area contributed by atoms with Gasteiger partial charge in [0.05, 0.1) is 12.6 Å². The second kappa shape index (κ2) is 5.20. The van der Waals surface area contributed by atoms with Crippen LogP contribution in [0.25, 0.3) is 0 Å². The summed E-state index contributed by atoms with van der Waals surface area (Å²) >= 11 is 1.76. The van der Waals surface area contributed by atoms with Gasteiger partial charge in [-0.2, -0.15) is 0 Å². The average Bonchev–Trinajstić information content (AvgIpc) is 3.06. The van der Waals surface area contributed by atoms with Crippen molar-refractivity contribution in [3.8, 4) is 5.75 Å². The average molecular weight is 264 g/mol. The Hall–Kier alpha value is -1.20. The molecule has 4 nitrogen and oxygen atoms in total. The molecule has 18 heavy (non-hydrogen) atoms. The van der Waals surface area contributed by atoms with Crippen LogP contribution in [0.15, 0.2) is 24.3 Å². The van der Waals surface area contributed by atoms with Gasteiger partial charge in [0, 0.05) is 29.7 Å². The number of benzene rings is 1. The highest BCUT2D eigenvalue weighted by molar-refractivity contribution is 7.99. The van der Waals surface area contributed by atoms with Crippen LogP contribution in [0.4, 0.5) is 0 Å². The molecule has 0 bridgehead atoms. The van der Waals surface area contributed by atoms with Crippen molar-refractivity contribution in [2.75, 3.05) is 24.8 Å². The highest BCUT2D eigenvalue weighted by Crippen LogP contribution is 2.32. The fraction of sp³-hybridized carbons (Fsp3) is 0.462. The van der Waals surface area contributed by atoms with Gasteiger partial charge in [0.2, 0.25) is 5.91 Å². The molecule has 2 aliphatic rings. The van der Waals surface area contributed by atoms with Crippen molar-refractivity contribution < 1.29 is 9.53 Å². The van der Waals surface area contributed by atoms with Crippen molar-refractivity contribution in [2.45, 2.75) is 12.0 Å². The molecule has 1 fully saturated rings. The molecule has 1 aromatic rings. The quantitative estimate of drug-likeness (QED) is 0.853. The van der Waals surface area contributed by atoms with Gasteiger partial charge in [-0.05, 0) is 6.07 Å². The van der Waals surface area contributed by atoms with Crippen LogP contribution in [0, 0.1) is 0 Å². The molecule has 0 radical (unpaired) electrons. The Morgan fingerprint density at radius 2 is 2.39 bits per heavy atom. The first kappa shape index (κ1) is 11.9. The molecule has 1 amide bonds.